The van der Waals surface area contributed by atoms with Gasteiger partial charge in [-0.15, -0.1) is 11.3 Å². The summed E-state index contributed by atoms with van der Waals surface area (Å²) in [6.45, 7) is 0.455. The van der Waals surface area contributed by atoms with Crippen LogP contribution in [0.5, 0.6) is 5.75 Å². The van der Waals surface area contributed by atoms with Gasteiger partial charge < -0.3 is 4.74 Å². The molecule has 0 amide bonds. The Morgan fingerprint density at radius 3 is 2.54 bits per heavy atom. The van der Waals surface area contributed by atoms with Crippen molar-refractivity contribution in [3.63, 3.8) is 0 Å². The SMILES string of the molecule is COc1ccc(-c2csc3ncn(Cc4ccc(Cl)cc4)c(=O)c23)cc1. The van der Waals surface area contributed by atoms with Crippen LogP contribution in [0.2, 0.25) is 5.02 Å². The number of hydrogen-bond acceptors (Lipinski definition) is 4. The smallest absolute Gasteiger partial charge is 0.263 e. The summed E-state index contributed by atoms with van der Waals surface area (Å²) < 4.78 is 6.84. The lowest BCUT2D eigenvalue weighted by Gasteiger charge is -2.07. The summed E-state index contributed by atoms with van der Waals surface area (Å²) in [4.78, 5) is 18.3. The van der Waals surface area contributed by atoms with Crippen LogP contribution in [0.3, 0.4) is 0 Å². The first-order chi connectivity index (χ1) is 12.7. The van der Waals surface area contributed by atoms with E-state index in [1.165, 1.54) is 11.3 Å². The minimum absolute atomic E-state index is 0.0444. The minimum Gasteiger partial charge on any atom is -0.497 e. The third kappa shape index (κ3) is 3.11. The molecule has 0 spiro atoms. The van der Waals surface area contributed by atoms with E-state index >= 15 is 0 Å². The molecule has 4 aromatic rings. The third-order valence-corrected chi connectivity index (χ3v) is 5.37. The summed E-state index contributed by atoms with van der Waals surface area (Å²) in [6.07, 6.45) is 1.60. The van der Waals surface area contributed by atoms with Gasteiger partial charge in [0.15, 0.2) is 0 Å². The summed E-state index contributed by atoms with van der Waals surface area (Å²) in [5.41, 5.74) is 2.83. The maximum Gasteiger partial charge on any atom is 0.263 e. The van der Waals surface area contributed by atoms with Crippen molar-refractivity contribution in [1.82, 2.24) is 9.55 Å². The van der Waals surface area contributed by atoms with Crippen LogP contribution in [0, 0.1) is 0 Å². The highest BCUT2D eigenvalue weighted by Crippen LogP contribution is 2.31. The topological polar surface area (TPSA) is 44.1 Å². The molecule has 0 saturated heterocycles. The molecule has 0 aliphatic carbocycles. The molecular formula is C20H15ClN2O2S. The van der Waals surface area contributed by atoms with E-state index in [9.17, 15) is 4.79 Å². The molecule has 4 rings (SSSR count). The zero-order chi connectivity index (χ0) is 18.1. The molecule has 130 valence electrons. The molecule has 0 aliphatic rings. The number of halogens is 1. The number of thiophene rings is 1. The Labute approximate surface area is 159 Å². The molecule has 2 heterocycles. The predicted octanol–water partition coefficient (Wildman–Crippen LogP) is 4.84. The van der Waals surface area contributed by atoms with Crippen molar-refractivity contribution >= 4 is 33.2 Å². The zero-order valence-electron chi connectivity index (χ0n) is 14.0. The number of fused-ring (bicyclic) bond motifs is 1. The van der Waals surface area contributed by atoms with Gasteiger partial charge in [0.1, 0.15) is 10.6 Å². The third-order valence-electron chi connectivity index (χ3n) is 4.23. The molecule has 0 atom stereocenters. The molecule has 0 unspecified atom stereocenters. The quantitative estimate of drug-likeness (QED) is 0.507. The van der Waals surface area contributed by atoms with Gasteiger partial charge in [-0.1, -0.05) is 35.9 Å². The van der Waals surface area contributed by atoms with E-state index in [1.807, 2.05) is 53.9 Å². The maximum absolute atomic E-state index is 13.1. The number of nitrogens with zero attached hydrogens (tertiary/aromatic N) is 2. The van der Waals surface area contributed by atoms with E-state index in [-0.39, 0.29) is 5.56 Å². The Balaban J connectivity index is 1.78. The Hall–Kier alpha value is -2.63. The standard InChI is InChI=1S/C20H15ClN2O2S/c1-25-16-8-4-14(5-9-16)17-11-26-19-18(17)20(24)23(12-22-19)10-13-2-6-15(21)7-3-13/h2-9,11-12H,10H2,1H3. The van der Waals surface area contributed by atoms with Crippen LogP contribution in [-0.4, -0.2) is 16.7 Å². The molecule has 0 bridgehead atoms. The second-order valence-electron chi connectivity index (χ2n) is 5.86. The highest BCUT2D eigenvalue weighted by molar-refractivity contribution is 7.17. The van der Waals surface area contributed by atoms with E-state index in [0.29, 0.717) is 17.0 Å². The van der Waals surface area contributed by atoms with Crippen LogP contribution >= 0.6 is 22.9 Å². The average Bonchev–Trinajstić information content (AvgIpc) is 3.11. The van der Waals surface area contributed by atoms with Gasteiger partial charge >= 0.3 is 0 Å². The van der Waals surface area contributed by atoms with E-state index in [0.717, 1.165) is 27.3 Å². The molecular weight excluding hydrogens is 368 g/mol. The van der Waals surface area contributed by atoms with E-state index in [4.69, 9.17) is 16.3 Å². The molecule has 6 heteroatoms. The van der Waals surface area contributed by atoms with Crippen molar-refractivity contribution in [3.8, 4) is 16.9 Å². The number of ether oxygens (including phenoxy) is 1. The van der Waals surface area contributed by atoms with Crippen molar-refractivity contribution in [3.05, 3.63) is 81.2 Å². The van der Waals surface area contributed by atoms with Gasteiger partial charge in [0.2, 0.25) is 0 Å². The Kier molecular flexibility index (Phi) is 4.49. The average molecular weight is 383 g/mol. The van der Waals surface area contributed by atoms with Crippen molar-refractivity contribution in [2.45, 2.75) is 6.54 Å². The first-order valence-corrected chi connectivity index (χ1v) is 9.27. The Morgan fingerprint density at radius 2 is 1.85 bits per heavy atom. The molecule has 0 fully saturated rings. The largest absolute Gasteiger partial charge is 0.497 e. The maximum atomic E-state index is 13.1. The highest BCUT2D eigenvalue weighted by atomic mass is 35.5. The van der Waals surface area contributed by atoms with Crippen LogP contribution in [0.1, 0.15) is 5.56 Å². The summed E-state index contributed by atoms with van der Waals surface area (Å²) in [5.74, 6) is 0.784. The number of hydrogen-bond donors (Lipinski definition) is 0. The van der Waals surface area contributed by atoms with Crippen LogP contribution in [-0.2, 0) is 6.54 Å². The lowest BCUT2D eigenvalue weighted by molar-refractivity contribution is 0.415. The predicted molar refractivity (Wildman–Crippen MR) is 106 cm³/mol. The number of benzene rings is 2. The molecule has 0 radical (unpaired) electrons. The van der Waals surface area contributed by atoms with Gasteiger partial charge in [0.25, 0.3) is 5.56 Å². The van der Waals surface area contributed by atoms with E-state index < -0.39 is 0 Å². The van der Waals surface area contributed by atoms with E-state index in [1.54, 1.807) is 18.0 Å². The van der Waals surface area contributed by atoms with Gasteiger partial charge in [-0.25, -0.2) is 4.98 Å². The summed E-state index contributed by atoms with van der Waals surface area (Å²) in [6, 6.07) is 15.2. The van der Waals surface area contributed by atoms with Crippen molar-refractivity contribution in [2.75, 3.05) is 7.11 Å². The normalized spacial score (nSPS) is 11.0. The number of methoxy groups -OCH3 is 1. The van der Waals surface area contributed by atoms with Crippen molar-refractivity contribution in [1.29, 1.82) is 0 Å². The second kappa shape index (κ2) is 6.94. The molecule has 0 saturated carbocycles. The Morgan fingerprint density at radius 1 is 1.12 bits per heavy atom. The summed E-state index contributed by atoms with van der Waals surface area (Å²) >= 11 is 7.41. The summed E-state index contributed by atoms with van der Waals surface area (Å²) in [7, 11) is 1.63. The molecule has 2 aromatic carbocycles. The first kappa shape index (κ1) is 16.8. The first-order valence-electron chi connectivity index (χ1n) is 8.01. The second-order valence-corrected chi connectivity index (χ2v) is 7.16. The Bertz CT molecular complexity index is 1120. The fourth-order valence-electron chi connectivity index (χ4n) is 2.85. The monoisotopic (exact) mass is 382 g/mol. The fourth-order valence-corrected chi connectivity index (χ4v) is 3.88. The van der Waals surface area contributed by atoms with Gasteiger partial charge in [-0.2, -0.15) is 0 Å². The molecule has 2 aromatic heterocycles. The van der Waals surface area contributed by atoms with Crippen molar-refractivity contribution in [2.24, 2.45) is 0 Å². The highest BCUT2D eigenvalue weighted by Gasteiger charge is 2.13. The molecule has 0 aliphatic heterocycles. The van der Waals surface area contributed by atoms with Crippen LogP contribution < -0.4 is 10.3 Å². The summed E-state index contributed by atoms with van der Waals surface area (Å²) in [5, 5.41) is 3.30. The zero-order valence-corrected chi connectivity index (χ0v) is 15.6. The number of rotatable bonds is 4. The fraction of sp³-hybridized carbons (Fsp3) is 0.100. The molecule has 0 N–H and O–H groups in total. The van der Waals surface area contributed by atoms with Gasteiger partial charge in [0.05, 0.1) is 25.4 Å². The van der Waals surface area contributed by atoms with Gasteiger partial charge in [0, 0.05) is 16.0 Å². The molecule has 4 nitrogen and oxygen atoms in total. The lowest BCUT2D eigenvalue weighted by atomic mass is 10.1. The van der Waals surface area contributed by atoms with E-state index in [2.05, 4.69) is 4.98 Å². The number of aromatic nitrogens is 2. The van der Waals surface area contributed by atoms with Crippen LogP contribution in [0.15, 0.2) is 65.0 Å². The van der Waals surface area contributed by atoms with Crippen molar-refractivity contribution < 1.29 is 4.74 Å². The van der Waals surface area contributed by atoms with Gasteiger partial charge in [-0.05, 0) is 35.4 Å². The van der Waals surface area contributed by atoms with Gasteiger partial charge in [-0.3, -0.25) is 9.36 Å². The van der Waals surface area contributed by atoms with Crippen LogP contribution in [0.4, 0.5) is 0 Å². The molecule has 26 heavy (non-hydrogen) atoms. The van der Waals surface area contributed by atoms with Crippen LogP contribution in [0.25, 0.3) is 21.3 Å². The minimum atomic E-state index is -0.0444. The lowest BCUT2D eigenvalue weighted by Crippen LogP contribution is -2.20.